The fourth-order valence-electron chi connectivity index (χ4n) is 11.9. The summed E-state index contributed by atoms with van der Waals surface area (Å²) in [4.78, 5) is 0. The second-order valence-electron chi connectivity index (χ2n) is 17.1. The predicted octanol–water partition coefficient (Wildman–Crippen LogP) is 15.0. The molecular weight excluding hydrogens is 749 g/mol. The molecule has 12 aromatic rings. The lowest BCUT2D eigenvalue weighted by molar-refractivity contribution is 0.722. The number of aromatic nitrogens is 2. The van der Waals surface area contributed by atoms with Crippen molar-refractivity contribution in [3.63, 3.8) is 0 Å². The molecule has 0 bridgehead atoms. The highest BCUT2D eigenvalue weighted by molar-refractivity contribution is 6.20. The molecule has 0 fully saturated rings. The van der Waals surface area contributed by atoms with Crippen LogP contribution in [0.2, 0.25) is 0 Å². The van der Waals surface area contributed by atoms with E-state index in [2.05, 4.69) is 228 Å². The van der Waals surface area contributed by atoms with Crippen LogP contribution in [0.25, 0.3) is 88.0 Å². The molecule has 2 nitrogen and oxygen atoms in total. The van der Waals surface area contributed by atoms with Crippen molar-refractivity contribution in [1.82, 2.24) is 9.13 Å². The van der Waals surface area contributed by atoms with Gasteiger partial charge < -0.3 is 9.13 Å². The molecular formula is C60H38N2. The van der Waals surface area contributed by atoms with Crippen LogP contribution in [0.3, 0.4) is 0 Å². The molecule has 2 aliphatic rings. The SMILES string of the molecule is c1ccc2c(c1)Cc1ccccc1C21c2ccccc2-c2c(-n3c4ccccc4c4cccc(-n5c6ccccc6c6c(-c7cccc8ccccc78)cccc65)c43)cccc21. The lowest BCUT2D eigenvalue weighted by Crippen LogP contribution is -2.34. The number of benzene rings is 10. The van der Waals surface area contributed by atoms with Gasteiger partial charge in [0.25, 0.3) is 0 Å². The van der Waals surface area contributed by atoms with Gasteiger partial charge in [0, 0.05) is 27.1 Å². The molecule has 0 aliphatic heterocycles. The minimum Gasteiger partial charge on any atom is -0.307 e. The molecule has 2 heteroatoms. The van der Waals surface area contributed by atoms with Crippen LogP contribution < -0.4 is 0 Å². The molecule has 0 atom stereocenters. The average molecular weight is 787 g/mol. The Morgan fingerprint density at radius 2 is 0.839 bits per heavy atom. The van der Waals surface area contributed by atoms with Crippen molar-refractivity contribution in [3.05, 3.63) is 252 Å². The van der Waals surface area contributed by atoms with Gasteiger partial charge in [0.2, 0.25) is 0 Å². The lowest BCUT2D eigenvalue weighted by Gasteiger charge is -2.40. The molecule has 0 N–H and O–H groups in total. The maximum atomic E-state index is 2.59. The molecule has 0 saturated heterocycles. The van der Waals surface area contributed by atoms with Crippen LogP contribution in [-0.4, -0.2) is 9.13 Å². The van der Waals surface area contributed by atoms with Gasteiger partial charge in [0.1, 0.15) is 0 Å². The van der Waals surface area contributed by atoms with Crippen LogP contribution in [0.15, 0.2) is 218 Å². The summed E-state index contributed by atoms with van der Waals surface area (Å²) in [7, 11) is 0. The summed E-state index contributed by atoms with van der Waals surface area (Å²) in [5.74, 6) is 0. The highest BCUT2D eigenvalue weighted by Crippen LogP contribution is 2.61. The summed E-state index contributed by atoms with van der Waals surface area (Å²) in [5, 5.41) is 7.51. The first-order valence-electron chi connectivity index (χ1n) is 21.7. The first-order valence-corrected chi connectivity index (χ1v) is 21.7. The summed E-state index contributed by atoms with van der Waals surface area (Å²) in [5.41, 5.74) is 20.0. The number of rotatable bonds is 3. The second kappa shape index (κ2) is 12.5. The molecule has 0 radical (unpaired) electrons. The van der Waals surface area contributed by atoms with Crippen molar-refractivity contribution < 1.29 is 0 Å². The number of hydrogen-bond acceptors (Lipinski definition) is 0. The largest absolute Gasteiger partial charge is 0.307 e. The van der Waals surface area contributed by atoms with E-state index in [4.69, 9.17) is 0 Å². The van der Waals surface area contributed by atoms with E-state index in [1.54, 1.807) is 0 Å². The molecule has 0 amide bonds. The first-order chi connectivity index (χ1) is 30.8. The Morgan fingerprint density at radius 1 is 0.323 bits per heavy atom. The number of nitrogens with zero attached hydrogens (tertiary/aromatic N) is 2. The highest BCUT2D eigenvalue weighted by Gasteiger charge is 2.50. The molecule has 2 aliphatic carbocycles. The molecule has 62 heavy (non-hydrogen) atoms. The summed E-state index contributed by atoms with van der Waals surface area (Å²) in [6.07, 6.45) is 0.933. The summed E-state index contributed by atoms with van der Waals surface area (Å²) in [6, 6.07) is 81.8. The van der Waals surface area contributed by atoms with Crippen molar-refractivity contribution in [1.29, 1.82) is 0 Å². The van der Waals surface area contributed by atoms with Gasteiger partial charge in [-0.1, -0.05) is 188 Å². The lowest BCUT2D eigenvalue weighted by atomic mass is 9.61. The Hall–Kier alpha value is -7.94. The van der Waals surface area contributed by atoms with Gasteiger partial charge in [0.15, 0.2) is 0 Å². The Kier molecular flexibility index (Phi) is 6.85. The number of para-hydroxylation sites is 3. The molecule has 2 heterocycles. The average Bonchev–Trinajstić information content (AvgIpc) is 3.96. The van der Waals surface area contributed by atoms with E-state index in [1.807, 2.05) is 0 Å². The Bertz CT molecular complexity index is 3810. The van der Waals surface area contributed by atoms with E-state index < -0.39 is 5.41 Å². The number of fused-ring (bicyclic) bond motifs is 16. The zero-order valence-corrected chi connectivity index (χ0v) is 33.9. The van der Waals surface area contributed by atoms with Crippen LogP contribution in [-0.2, 0) is 11.8 Å². The highest BCUT2D eigenvalue weighted by atomic mass is 15.1. The van der Waals surface area contributed by atoms with Gasteiger partial charge >= 0.3 is 0 Å². The van der Waals surface area contributed by atoms with Crippen molar-refractivity contribution in [2.45, 2.75) is 11.8 Å². The summed E-state index contributed by atoms with van der Waals surface area (Å²) >= 11 is 0. The zero-order valence-electron chi connectivity index (χ0n) is 33.9. The zero-order chi connectivity index (χ0) is 40.5. The van der Waals surface area contributed by atoms with Crippen LogP contribution >= 0.6 is 0 Å². The monoisotopic (exact) mass is 786 g/mol. The fraction of sp³-hybridized carbons (Fsp3) is 0.0333. The maximum Gasteiger partial charge on any atom is 0.0782 e. The Balaban J connectivity index is 1.11. The molecule has 0 saturated carbocycles. The smallest absolute Gasteiger partial charge is 0.0782 e. The van der Waals surface area contributed by atoms with E-state index >= 15 is 0 Å². The molecule has 288 valence electrons. The van der Waals surface area contributed by atoms with Crippen molar-refractivity contribution in [2.75, 3.05) is 0 Å². The van der Waals surface area contributed by atoms with E-state index in [9.17, 15) is 0 Å². The molecule has 10 aromatic carbocycles. The van der Waals surface area contributed by atoms with E-state index in [-0.39, 0.29) is 0 Å². The fourth-order valence-corrected chi connectivity index (χ4v) is 11.9. The quantitative estimate of drug-likeness (QED) is 0.169. The predicted molar refractivity (Wildman–Crippen MR) is 258 cm³/mol. The van der Waals surface area contributed by atoms with Gasteiger partial charge in [-0.2, -0.15) is 0 Å². The van der Waals surface area contributed by atoms with E-state index in [0.717, 1.165) is 12.1 Å². The van der Waals surface area contributed by atoms with Crippen LogP contribution in [0.4, 0.5) is 0 Å². The molecule has 14 rings (SSSR count). The minimum atomic E-state index is -0.445. The van der Waals surface area contributed by atoms with Crippen molar-refractivity contribution in [3.8, 4) is 33.6 Å². The Morgan fingerprint density at radius 3 is 1.66 bits per heavy atom. The molecule has 2 aromatic heterocycles. The van der Waals surface area contributed by atoms with Crippen molar-refractivity contribution >= 4 is 54.4 Å². The third-order valence-electron chi connectivity index (χ3n) is 14.2. The topological polar surface area (TPSA) is 9.86 Å². The van der Waals surface area contributed by atoms with Gasteiger partial charge in [0.05, 0.1) is 38.9 Å². The third kappa shape index (κ3) is 4.28. The summed E-state index contributed by atoms with van der Waals surface area (Å²) < 4.78 is 5.12. The summed E-state index contributed by atoms with van der Waals surface area (Å²) in [6.45, 7) is 0. The van der Waals surface area contributed by atoms with Crippen LogP contribution in [0, 0.1) is 0 Å². The third-order valence-corrected chi connectivity index (χ3v) is 14.2. The standard InChI is InChI=1S/C60H38N2/c1-4-21-41-38(17-1)20-13-25-42(41)44-26-14-34-54-57(44)47-24-7-12-33-53(47)61(54)56-36-15-27-45-43-22-6-11-32-52(43)62(59(45)56)55-35-16-31-51-58(55)46-23-5-10-30-50(46)60(51)48-28-8-2-18-39(48)37-40-19-3-9-29-49(40)60/h1-36H,37H2. The van der Waals surface area contributed by atoms with Crippen LogP contribution in [0.5, 0.6) is 0 Å². The second-order valence-corrected chi connectivity index (χ2v) is 17.1. The van der Waals surface area contributed by atoms with Gasteiger partial charge in [-0.25, -0.2) is 0 Å². The number of hydrogen-bond donors (Lipinski definition) is 0. The van der Waals surface area contributed by atoms with E-state index in [0.29, 0.717) is 0 Å². The van der Waals surface area contributed by atoms with Gasteiger partial charge in [-0.05, 0) is 97.6 Å². The normalized spacial score (nSPS) is 13.5. The van der Waals surface area contributed by atoms with Gasteiger partial charge in [-0.3, -0.25) is 0 Å². The molecule has 0 unspecified atom stereocenters. The minimum absolute atomic E-state index is 0.445. The van der Waals surface area contributed by atoms with E-state index in [1.165, 1.54) is 116 Å². The first kappa shape index (κ1) is 33.8. The molecule has 1 spiro atoms. The van der Waals surface area contributed by atoms with Crippen molar-refractivity contribution in [2.24, 2.45) is 0 Å². The van der Waals surface area contributed by atoms with Crippen LogP contribution in [0.1, 0.15) is 33.4 Å². The maximum absolute atomic E-state index is 2.59. The van der Waals surface area contributed by atoms with Gasteiger partial charge in [-0.15, -0.1) is 0 Å². The Labute approximate surface area is 359 Å².